The lowest BCUT2D eigenvalue weighted by atomic mass is 10.0. The summed E-state index contributed by atoms with van der Waals surface area (Å²) in [6.45, 7) is 7.93. The van der Waals surface area contributed by atoms with Crippen LogP contribution < -0.4 is 10.1 Å². The third-order valence-corrected chi connectivity index (χ3v) is 5.70. The number of ether oxygens (including phenoxy) is 1. The average molecular weight is 464 g/mol. The second-order valence-electron chi connectivity index (χ2n) is 8.12. The van der Waals surface area contributed by atoms with Gasteiger partial charge in [0.15, 0.2) is 0 Å². The number of amides is 1. The molecule has 9 heteroatoms. The van der Waals surface area contributed by atoms with Crippen LogP contribution in [0.2, 0.25) is 0 Å². The van der Waals surface area contributed by atoms with Crippen LogP contribution in [-0.2, 0) is 0 Å². The zero-order chi connectivity index (χ0) is 23.4. The van der Waals surface area contributed by atoms with E-state index in [2.05, 4.69) is 25.4 Å². The number of nitrogens with one attached hydrogen (secondary N) is 1. The van der Waals surface area contributed by atoms with Crippen molar-refractivity contribution in [3.05, 3.63) is 65.8 Å². The van der Waals surface area contributed by atoms with Gasteiger partial charge in [-0.25, -0.2) is 4.98 Å². The number of thiazole rings is 1. The molecule has 0 aliphatic carbocycles. The molecule has 0 spiro atoms. The van der Waals surface area contributed by atoms with E-state index in [1.54, 1.807) is 29.9 Å². The van der Waals surface area contributed by atoms with Gasteiger partial charge in [-0.3, -0.25) is 9.78 Å². The summed E-state index contributed by atoms with van der Waals surface area (Å²) in [7, 11) is 0. The number of pyridine rings is 1. The normalized spacial score (nSPS) is 12.2. The van der Waals surface area contributed by atoms with Crippen molar-refractivity contribution in [2.75, 3.05) is 0 Å². The average Bonchev–Trinajstić information content (AvgIpc) is 3.48. The Labute approximate surface area is 196 Å². The lowest BCUT2D eigenvalue weighted by Gasteiger charge is -2.17. The summed E-state index contributed by atoms with van der Waals surface area (Å²) >= 11 is 1.41. The monoisotopic (exact) mass is 463 g/mol. The molecule has 8 nitrogen and oxygen atoms in total. The molecule has 0 saturated heterocycles. The Hall–Kier alpha value is -3.59. The summed E-state index contributed by atoms with van der Waals surface area (Å²) in [6.07, 6.45) is 3.44. The zero-order valence-corrected chi connectivity index (χ0v) is 19.7. The van der Waals surface area contributed by atoms with Gasteiger partial charge in [0.2, 0.25) is 11.7 Å². The third-order valence-electron chi connectivity index (χ3n) is 4.81. The van der Waals surface area contributed by atoms with Gasteiger partial charge in [0.05, 0.1) is 6.10 Å². The molecule has 1 aromatic carbocycles. The first-order valence-corrected chi connectivity index (χ1v) is 11.6. The predicted molar refractivity (Wildman–Crippen MR) is 126 cm³/mol. The number of rotatable bonds is 8. The largest absolute Gasteiger partial charge is 0.491 e. The van der Waals surface area contributed by atoms with Crippen molar-refractivity contribution in [2.45, 2.75) is 39.8 Å². The van der Waals surface area contributed by atoms with Crippen molar-refractivity contribution < 1.29 is 14.1 Å². The van der Waals surface area contributed by atoms with Gasteiger partial charge in [-0.15, -0.1) is 11.3 Å². The van der Waals surface area contributed by atoms with Crippen LogP contribution in [0.1, 0.15) is 50.1 Å². The molecular weight excluding hydrogens is 438 g/mol. The van der Waals surface area contributed by atoms with Crippen LogP contribution in [0.5, 0.6) is 5.75 Å². The van der Waals surface area contributed by atoms with Crippen LogP contribution in [0.3, 0.4) is 0 Å². The number of nitrogens with zero attached hydrogens (tertiary/aromatic N) is 4. The van der Waals surface area contributed by atoms with E-state index < -0.39 is 6.04 Å². The molecule has 33 heavy (non-hydrogen) atoms. The molecule has 4 aromatic rings. The SMILES string of the molecule is CC(C)Oc1ccc(-c2nc(C(=O)NC(c3nc(-c4ccncc4)no3)C(C)C)cs2)cc1. The summed E-state index contributed by atoms with van der Waals surface area (Å²) < 4.78 is 11.1. The summed E-state index contributed by atoms with van der Waals surface area (Å²) in [6, 6.07) is 10.8. The first-order chi connectivity index (χ1) is 15.9. The fourth-order valence-electron chi connectivity index (χ4n) is 3.17. The molecule has 1 atom stereocenters. The summed E-state index contributed by atoms with van der Waals surface area (Å²) in [4.78, 5) is 25.9. The smallest absolute Gasteiger partial charge is 0.271 e. The van der Waals surface area contributed by atoms with E-state index in [9.17, 15) is 4.79 Å². The Kier molecular flexibility index (Phi) is 6.79. The molecule has 3 heterocycles. The molecule has 0 bridgehead atoms. The molecule has 3 aromatic heterocycles. The van der Waals surface area contributed by atoms with Crippen LogP contribution >= 0.6 is 11.3 Å². The van der Waals surface area contributed by atoms with Gasteiger partial charge in [-0.2, -0.15) is 4.98 Å². The van der Waals surface area contributed by atoms with Gasteiger partial charge in [0.1, 0.15) is 22.5 Å². The van der Waals surface area contributed by atoms with Crippen molar-refractivity contribution in [3.63, 3.8) is 0 Å². The topological polar surface area (TPSA) is 103 Å². The van der Waals surface area contributed by atoms with Gasteiger partial charge in [-0.05, 0) is 56.2 Å². The molecular formula is C24H25N5O3S. The Morgan fingerprint density at radius 2 is 1.73 bits per heavy atom. The van der Waals surface area contributed by atoms with Crippen molar-refractivity contribution in [1.29, 1.82) is 0 Å². The molecule has 0 radical (unpaired) electrons. The maximum Gasteiger partial charge on any atom is 0.271 e. The lowest BCUT2D eigenvalue weighted by Crippen LogP contribution is -2.32. The van der Waals surface area contributed by atoms with Crippen LogP contribution in [0.25, 0.3) is 22.0 Å². The van der Waals surface area contributed by atoms with Crippen LogP contribution in [0, 0.1) is 5.92 Å². The molecule has 1 amide bonds. The van der Waals surface area contributed by atoms with Crippen LogP contribution in [-0.4, -0.2) is 32.1 Å². The maximum absolute atomic E-state index is 12.9. The number of hydrogen-bond donors (Lipinski definition) is 1. The van der Waals surface area contributed by atoms with Crippen LogP contribution in [0.15, 0.2) is 58.7 Å². The van der Waals surface area contributed by atoms with Crippen molar-refractivity contribution in [3.8, 4) is 27.7 Å². The van der Waals surface area contributed by atoms with E-state index in [0.29, 0.717) is 17.4 Å². The van der Waals surface area contributed by atoms with Gasteiger partial charge in [0.25, 0.3) is 5.91 Å². The van der Waals surface area contributed by atoms with E-state index in [1.807, 2.05) is 52.0 Å². The second kappa shape index (κ2) is 9.91. The summed E-state index contributed by atoms with van der Waals surface area (Å²) in [5.41, 5.74) is 2.06. The van der Waals surface area contributed by atoms with Gasteiger partial charge < -0.3 is 14.6 Å². The molecule has 1 N–H and O–H groups in total. The molecule has 0 saturated carbocycles. The Bertz CT molecular complexity index is 1200. The highest BCUT2D eigenvalue weighted by Crippen LogP contribution is 2.27. The Morgan fingerprint density at radius 1 is 1.00 bits per heavy atom. The Morgan fingerprint density at radius 3 is 2.39 bits per heavy atom. The van der Waals surface area contributed by atoms with Crippen molar-refractivity contribution in [2.24, 2.45) is 5.92 Å². The van der Waals surface area contributed by atoms with Crippen molar-refractivity contribution >= 4 is 17.2 Å². The first kappa shape index (κ1) is 22.6. The molecule has 0 fully saturated rings. The fourth-order valence-corrected chi connectivity index (χ4v) is 3.97. The number of hydrogen-bond acceptors (Lipinski definition) is 8. The molecule has 0 aliphatic heterocycles. The fraction of sp³-hybridized carbons (Fsp3) is 0.292. The minimum absolute atomic E-state index is 0.0336. The van der Waals surface area contributed by atoms with E-state index in [-0.39, 0.29) is 17.9 Å². The van der Waals surface area contributed by atoms with Crippen LogP contribution in [0.4, 0.5) is 0 Å². The molecule has 170 valence electrons. The quantitative estimate of drug-likeness (QED) is 0.384. The highest BCUT2D eigenvalue weighted by Gasteiger charge is 2.26. The zero-order valence-electron chi connectivity index (χ0n) is 18.9. The van der Waals surface area contributed by atoms with Gasteiger partial charge in [0, 0.05) is 28.9 Å². The lowest BCUT2D eigenvalue weighted by molar-refractivity contribution is 0.0909. The minimum Gasteiger partial charge on any atom is -0.491 e. The Balaban J connectivity index is 1.48. The van der Waals surface area contributed by atoms with E-state index >= 15 is 0 Å². The highest BCUT2D eigenvalue weighted by atomic mass is 32.1. The van der Waals surface area contributed by atoms with E-state index in [0.717, 1.165) is 21.9 Å². The predicted octanol–water partition coefficient (Wildman–Crippen LogP) is 5.17. The summed E-state index contributed by atoms with van der Waals surface area (Å²) in [5.74, 6) is 1.34. The van der Waals surface area contributed by atoms with Gasteiger partial charge >= 0.3 is 0 Å². The standard InChI is InChI=1S/C24H25N5O3S/c1-14(2)20(23-28-21(29-32-23)16-9-11-25-12-10-16)27-22(30)19-13-33-24(26-19)17-5-7-18(8-6-17)31-15(3)4/h5-15,20H,1-4H3,(H,27,30). The highest BCUT2D eigenvalue weighted by molar-refractivity contribution is 7.13. The first-order valence-electron chi connectivity index (χ1n) is 10.7. The second-order valence-corrected chi connectivity index (χ2v) is 8.97. The molecule has 4 rings (SSSR count). The maximum atomic E-state index is 12.9. The number of carbonyl (C=O) groups excluding carboxylic acids is 1. The van der Waals surface area contributed by atoms with Gasteiger partial charge in [-0.1, -0.05) is 19.0 Å². The minimum atomic E-state index is -0.446. The third kappa shape index (κ3) is 5.43. The molecule has 1 unspecified atom stereocenters. The number of aromatic nitrogens is 4. The number of benzene rings is 1. The van der Waals surface area contributed by atoms with E-state index in [4.69, 9.17) is 9.26 Å². The summed E-state index contributed by atoms with van der Waals surface area (Å²) in [5, 5.41) is 9.54. The van der Waals surface area contributed by atoms with E-state index in [1.165, 1.54) is 11.3 Å². The number of carbonyl (C=O) groups is 1. The van der Waals surface area contributed by atoms with Crippen molar-refractivity contribution in [1.82, 2.24) is 25.4 Å². The molecule has 0 aliphatic rings.